The van der Waals surface area contributed by atoms with E-state index in [4.69, 9.17) is 9.47 Å². The molecule has 5 aliphatic rings. The van der Waals surface area contributed by atoms with Crippen LogP contribution >= 0.6 is 0 Å². The Labute approximate surface area is 330 Å². The molecule has 2 aromatic rings. The van der Waals surface area contributed by atoms with Crippen molar-refractivity contribution in [2.75, 3.05) is 6.61 Å². The number of esters is 1. The number of carbonyl (C=O) groups excluding carboxylic acids is 3. The first kappa shape index (κ1) is 40.2. The molecule has 7 rings (SSSR count). The lowest BCUT2D eigenvalue weighted by molar-refractivity contribution is -0.832. The molecule has 302 valence electrons. The molecule has 56 heavy (non-hydrogen) atoms. The standard InChI is InChI=1S/C44H56N2O9S/c1-28(47)54-35-18-19-42(6)33(39(35,2)3)17-20-44(8)36(42)32(48)26-30-31-27-41(5,22-21-40(31,4)23-24-43(30,44)7)34(49)16-12-13-25-53-37-38(46(50)55-45-37)56(51,52)29-14-10-9-11-15-29/h9-11,14-15,26,31,33,35-36H,16-25,27H2,1-8H3/t31-,33-,35-,36+,40+,41-,42-,43+,44+/m0/s1. The van der Waals surface area contributed by atoms with Gasteiger partial charge in [0.25, 0.3) is 9.84 Å². The predicted molar refractivity (Wildman–Crippen MR) is 205 cm³/mol. The van der Waals surface area contributed by atoms with Crippen LogP contribution in [0.2, 0.25) is 0 Å². The van der Waals surface area contributed by atoms with E-state index in [1.807, 2.05) is 13.0 Å². The number of Topliss-reactive ketones (excluding diaryl/α,β-unsaturated/α-hetero) is 1. The number of carbonyl (C=O) groups is 3. The second kappa shape index (κ2) is 13.6. The minimum Gasteiger partial charge on any atom is -0.462 e. The van der Waals surface area contributed by atoms with Crippen molar-refractivity contribution in [2.24, 2.45) is 50.2 Å². The average Bonchev–Trinajstić information content (AvgIpc) is 3.51. The maximum atomic E-state index is 14.8. The van der Waals surface area contributed by atoms with Crippen molar-refractivity contribution in [3.05, 3.63) is 47.2 Å². The van der Waals surface area contributed by atoms with Crippen LogP contribution in [0.15, 0.2) is 56.5 Å². The molecular formula is C44H56N2O9S. The van der Waals surface area contributed by atoms with Crippen LogP contribution in [0.3, 0.4) is 0 Å². The zero-order valence-corrected chi connectivity index (χ0v) is 34.8. The van der Waals surface area contributed by atoms with Crippen molar-refractivity contribution in [1.29, 1.82) is 0 Å². The lowest BCUT2D eigenvalue weighted by Gasteiger charge is -2.70. The summed E-state index contributed by atoms with van der Waals surface area (Å²) in [6.07, 6.45) is 9.64. The molecule has 1 aromatic heterocycles. The van der Waals surface area contributed by atoms with Crippen molar-refractivity contribution in [3.63, 3.8) is 0 Å². The minimum absolute atomic E-state index is 0.0161. The van der Waals surface area contributed by atoms with Crippen LogP contribution in [0, 0.1) is 67.3 Å². The van der Waals surface area contributed by atoms with Gasteiger partial charge in [0, 0.05) is 23.7 Å². The fourth-order valence-corrected chi connectivity index (χ4v) is 13.9. The Morgan fingerprint density at radius 1 is 0.964 bits per heavy atom. The van der Waals surface area contributed by atoms with E-state index in [-0.39, 0.29) is 91.3 Å². The molecule has 0 bridgehead atoms. The summed E-state index contributed by atoms with van der Waals surface area (Å²) in [6, 6.07) is 7.43. The van der Waals surface area contributed by atoms with Crippen LogP contribution in [0.25, 0.3) is 0 Å². The van der Waals surface area contributed by atoms with Crippen LogP contribution < -0.4 is 9.64 Å². The van der Waals surface area contributed by atoms with Crippen molar-refractivity contribution >= 4 is 27.4 Å². The fourth-order valence-electron chi connectivity index (χ4n) is 12.6. The molecule has 11 nitrogen and oxygen atoms in total. The number of aromatic nitrogens is 2. The van der Waals surface area contributed by atoms with E-state index < -0.39 is 26.2 Å². The molecule has 0 saturated heterocycles. The summed E-state index contributed by atoms with van der Waals surface area (Å²) >= 11 is 0. The maximum Gasteiger partial charge on any atom is 0.415 e. The maximum absolute atomic E-state index is 14.8. The highest BCUT2D eigenvalue weighted by Crippen LogP contribution is 2.75. The summed E-state index contributed by atoms with van der Waals surface area (Å²) in [5.41, 5.74) is -0.353. The topological polar surface area (TPSA) is 157 Å². The van der Waals surface area contributed by atoms with Gasteiger partial charge in [-0.3, -0.25) is 19.0 Å². The minimum atomic E-state index is -4.27. The lowest BCUT2D eigenvalue weighted by atomic mass is 9.33. The smallest absolute Gasteiger partial charge is 0.415 e. The molecule has 1 heterocycles. The summed E-state index contributed by atoms with van der Waals surface area (Å²) in [6.45, 7) is 17.1. The molecule has 0 spiro atoms. The SMILES string of the molecule is CC(=O)O[C@H]1CC[C@]2(C)[C@H]3C(=O)C=C4[C@@H]5C[C@@](C)(C(=O)CC#CCOc6no[n+]([O-])c6S(=O)(=O)c6ccccc6)CC[C@]5(C)CC[C@@]4(C)[C@]3(C)CC[C@H]2C1(C)C. The second-order valence-electron chi connectivity index (χ2n) is 19.3. The molecule has 0 aliphatic heterocycles. The molecule has 1 aromatic carbocycles. The Bertz CT molecular complexity index is 2150. The Morgan fingerprint density at radius 3 is 2.36 bits per heavy atom. The van der Waals surface area contributed by atoms with E-state index in [9.17, 15) is 28.0 Å². The number of fused-ring (bicyclic) bond motifs is 7. The number of nitrogens with zero attached hydrogens (tertiary/aromatic N) is 2. The highest BCUT2D eigenvalue weighted by molar-refractivity contribution is 7.91. The second-order valence-corrected chi connectivity index (χ2v) is 21.2. The monoisotopic (exact) mass is 788 g/mol. The molecule has 4 saturated carbocycles. The van der Waals surface area contributed by atoms with Gasteiger partial charge >= 0.3 is 16.9 Å². The van der Waals surface area contributed by atoms with Gasteiger partial charge in [0.1, 0.15) is 6.10 Å². The third-order valence-corrected chi connectivity index (χ3v) is 17.7. The predicted octanol–water partition coefficient (Wildman–Crippen LogP) is 7.39. The van der Waals surface area contributed by atoms with Gasteiger partial charge in [-0.05, 0) is 114 Å². The molecule has 0 N–H and O–H groups in total. The number of hydrogen-bond acceptors (Lipinski definition) is 10. The highest BCUT2D eigenvalue weighted by Gasteiger charge is 2.70. The number of benzene rings is 1. The van der Waals surface area contributed by atoms with Crippen LogP contribution in [0.5, 0.6) is 5.88 Å². The van der Waals surface area contributed by atoms with Gasteiger partial charge in [-0.1, -0.05) is 84.1 Å². The third kappa shape index (κ3) is 6.04. The van der Waals surface area contributed by atoms with E-state index >= 15 is 0 Å². The van der Waals surface area contributed by atoms with E-state index in [1.54, 1.807) is 6.07 Å². The first-order chi connectivity index (χ1) is 26.1. The van der Waals surface area contributed by atoms with Gasteiger partial charge in [-0.2, -0.15) is 0 Å². The summed E-state index contributed by atoms with van der Waals surface area (Å²) in [7, 11) is -4.27. The van der Waals surface area contributed by atoms with Crippen molar-refractivity contribution in [2.45, 2.75) is 136 Å². The third-order valence-electron chi connectivity index (χ3n) is 16.0. The molecule has 0 radical (unpaired) electrons. The zero-order valence-electron chi connectivity index (χ0n) is 34.0. The zero-order chi connectivity index (χ0) is 40.7. The molecule has 0 unspecified atom stereocenters. The number of sulfone groups is 1. The average molecular weight is 789 g/mol. The molecule has 5 aliphatic carbocycles. The van der Waals surface area contributed by atoms with Crippen molar-refractivity contribution < 1.29 is 41.8 Å². The van der Waals surface area contributed by atoms with Gasteiger partial charge in [-0.25, -0.2) is 8.42 Å². The van der Waals surface area contributed by atoms with Gasteiger partial charge < -0.3 is 14.7 Å². The normalized spacial score (nSPS) is 37.3. The number of allylic oxidation sites excluding steroid dienone is 2. The molecule has 9 atom stereocenters. The number of ether oxygens (including phenoxy) is 2. The van der Waals surface area contributed by atoms with Crippen molar-refractivity contribution in [1.82, 2.24) is 5.16 Å². The first-order valence-electron chi connectivity index (χ1n) is 20.1. The summed E-state index contributed by atoms with van der Waals surface area (Å²) in [5.74, 6) is 5.38. The van der Waals surface area contributed by atoms with Crippen molar-refractivity contribution in [3.8, 4) is 17.7 Å². The van der Waals surface area contributed by atoms with Gasteiger partial charge in [0.2, 0.25) is 0 Å². The van der Waals surface area contributed by atoms with Crippen LogP contribution in [0.4, 0.5) is 0 Å². The number of ketones is 2. The fraction of sp³-hybridized carbons (Fsp3) is 0.659. The largest absolute Gasteiger partial charge is 0.462 e. The quantitative estimate of drug-likeness (QED) is 0.157. The Balaban J connectivity index is 1.08. The van der Waals surface area contributed by atoms with E-state index in [0.717, 1.165) is 51.4 Å². The molecule has 4 fully saturated rings. The highest BCUT2D eigenvalue weighted by atomic mass is 32.2. The number of hydrogen-bond donors (Lipinski definition) is 0. The number of rotatable bonds is 7. The van der Waals surface area contributed by atoms with E-state index in [2.05, 4.69) is 63.2 Å². The van der Waals surface area contributed by atoms with E-state index in [0.29, 0.717) is 6.42 Å². The van der Waals surface area contributed by atoms with E-state index in [1.165, 1.54) is 36.8 Å². The Hall–Kier alpha value is -3.98. The van der Waals surface area contributed by atoms with Gasteiger partial charge in [0.05, 0.1) is 16.5 Å². The van der Waals surface area contributed by atoms with Crippen LogP contribution in [-0.2, 0) is 29.0 Å². The summed E-state index contributed by atoms with van der Waals surface area (Å²) in [5, 5.41) is 14.9. The van der Waals surface area contributed by atoms with Gasteiger partial charge in [-0.15, -0.1) is 0 Å². The Morgan fingerprint density at radius 2 is 1.66 bits per heavy atom. The molecule has 0 amide bonds. The van der Waals surface area contributed by atoms with Crippen LogP contribution in [-0.4, -0.2) is 43.8 Å². The Kier molecular flexibility index (Phi) is 9.74. The lowest BCUT2D eigenvalue weighted by Crippen LogP contribution is -2.66. The summed E-state index contributed by atoms with van der Waals surface area (Å²) in [4.78, 5) is 40.5. The van der Waals surface area contributed by atoms with Gasteiger partial charge in [0.15, 0.2) is 18.2 Å². The molecule has 12 heteroatoms. The molecular weight excluding hydrogens is 733 g/mol. The van der Waals surface area contributed by atoms with Crippen LogP contribution in [0.1, 0.15) is 120 Å². The first-order valence-corrected chi connectivity index (χ1v) is 21.6. The summed E-state index contributed by atoms with van der Waals surface area (Å²) < 4.78 is 42.0.